The number of esters is 2. The number of allylic oxidation sites excluding steroid dienone is 20. The Balaban J connectivity index is 4.48. The maximum absolute atomic E-state index is 12.6. The zero-order valence-corrected chi connectivity index (χ0v) is 36.8. The highest BCUT2D eigenvalue weighted by Crippen LogP contribution is 2.43. The maximum Gasteiger partial charge on any atom is 0.472 e. The average Bonchev–Trinajstić information content (AvgIpc) is 3.21. The number of likely N-dealkylation sites (N-methyl/N-ethyl adjacent to an activating group) is 1. The molecule has 2 N–H and O–H groups in total. The molecule has 0 aliphatic carbocycles. The van der Waals surface area contributed by atoms with Gasteiger partial charge in [-0.3, -0.25) is 18.6 Å². The van der Waals surface area contributed by atoms with Gasteiger partial charge in [0.25, 0.3) is 0 Å². The Labute approximate surface area is 352 Å². The van der Waals surface area contributed by atoms with Crippen LogP contribution >= 0.6 is 7.82 Å². The predicted octanol–water partition coefficient (Wildman–Crippen LogP) is 12.4. The minimum Gasteiger partial charge on any atom is -0.462 e. The van der Waals surface area contributed by atoms with E-state index < -0.39 is 32.5 Å². The number of ether oxygens (including phenoxy) is 2. The summed E-state index contributed by atoms with van der Waals surface area (Å²) in [6.07, 6.45) is 57.0. The van der Waals surface area contributed by atoms with Gasteiger partial charge in [0.15, 0.2) is 6.10 Å². The molecule has 9 nitrogen and oxygen atoms in total. The first kappa shape index (κ1) is 54.4. The largest absolute Gasteiger partial charge is 0.472 e. The van der Waals surface area contributed by atoms with Crippen molar-refractivity contribution in [3.8, 4) is 0 Å². The van der Waals surface area contributed by atoms with Crippen LogP contribution in [-0.2, 0) is 32.7 Å². The van der Waals surface area contributed by atoms with Crippen molar-refractivity contribution < 1.29 is 37.6 Å². The van der Waals surface area contributed by atoms with E-state index in [1.807, 2.05) is 18.2 Å². The van der Waals surface area contributed by atoms with Crippen molar-refractivity contribution in [3.05, 3.63) is 122 Å². The number of unbranched alkanes of at least 4 members (excludes halogenated alkanes) is 4. The average molecular weight is 826 g/mol. The summed E-state index contributed by atoms with van der Waals surface area (Å²) in [6, 6.07) is 0. The third-order valence-corrected chi connectivity index (χ3v) is 9.06. The van der Waals surface area contributed by atoms with Gasteiger partial charge in [-0.05, 0) is 96.9 Å². The number of nitrogens with one attached hydrogen (secondary N) is 1. The second-order valence-electron chi connectivity index (χ2n) is 13.4. The fourth-order valence-corrected chi connectivity index (χ4v) is 5.61. The molecule has 0 fully saturated rings. The molecule has 2 unspecified atom stereocenters. The van der Waals surface area contributed by atoms with Gasteiger partial charge in [-0.25, -0.2) is 4.57 Å². The van der Waals surface area contributed by atoms with Gasteiger partial charge in [0.05, 0.1) is 13.2 Å². The molecule has 10 heteroatoms. The van der Waals surface area contributed by atoms with E-state index in [1.54, 1.807) is 7.05 Å². The lowest BCUT2D eigenvalue weighted by molar-refractivity contribution is -0.161. The van der Waals surface area contributed by atoms with Crippen molar-refractivity contribution >= 4 is 19.8 Å². The van der Waals surface area contributed by atoms with E-state index in [4.69, 9.17) is 18.5 Å². The lowest BCUT2D eigenvalue weighted by Gasteiger charge is -2.19. The van der Waals surface area contributed by atoms with Crippen LogP contribution in [-0.4, -0.2) is 56.3 Å². The molecule has 0 bridgehead atoms. The van der Waals surface area contributed by atoms with Crippen LogP contribution in [0, 0.1) is 0 Å². The van der Waals surface area contributed by atoms with Gasteiger partial charge in [-0.15, -0.1) is 0 Å². The van der Waals surface area contributed by atoms with Gasteiger partial charge in [-0.1, -0.05) is 148 Å². The van der Waals surface area contributed by atoms with Crippen LogP contribution in [0.3, 0.4) is 0 Å². The Morgan fingerprint density at radius 3 is 1.47 bits per heavy atom. The molecule has 0 saturated carbocycles. The van der Waals surface area contributed by atoms with E-state index in [2.05, 4.69) is 122 Å². The predicted molar refractivity (Wildman–Crippen MR) is 242 cm³/mol. The van der Waals surface area contributed by atoms with E-state index in [0.29, 0.717) is 25.8 Å². The van der Waals surface area contributed by atoms with Gasteiger partial charge in [0.2, 0.25) is 0 Å². The summed E-state index contributed by atoms with van der Waals surface area (Å²) >= 11 is 0. The molecular formula is C48H76NO8P. The van der Waals surface area contributed by atoms with E-state index >= 15 is 0 Å². The summed E-state index contributed by atoms with van der Waals surface area (Å²) in [5.41, 5.74) is 0. The van der Waals surface area contributed by atoms with Crippen molar-refractivity contribution in [3.63, 3.8) is 0 Å². The summed E-state index contributed by atoms with van der Waals surface area (Å²) < 4.78 is 33.0. The van der Waals surface area contributed by atoms with Crippen LogP contribution in [0.15, 0.2) is 122 Å². The van der Waals surface area contributed by atoms with Gasteiger partial charge < -0.3 is 19.7 Å². The highest BCUT2D eigenvalue weighted by molar-refractivity contribution is 7.47. The molecule has 0 rings (SSSR count). The standard InChI is InChI=1S/C48H76NO8P/c1-4-6-8-10-12-14-16-18-20-22-23-25-26-28-30-32-34-36-38-40-47(50)54-44-46(45-56-58(52,53)55-43-42-49-3)57-48(51)41-39-37-35-33-31-29-27-24-21-19-17-15-13-11-9-7-5-2/h7,9,12-15,18-21,23,25,27-30,33-36,46,49H,4-6,8,10-11,16-17,22,24,26,31-32,37-45H2,1-3H3,(H,52,53)/b9-7-,14-12-,15-13-,20-18-,21-19-,25-23-,29-27-,30-28-,35-33-,36-34-. The second kappa shape index (κ2) is 43.0. The number of rotatable bonds is 38. The van der Waals surface area contributed by atoms with Gasteiger partial charge in [0.1, 0.15) is 6.61 Å². The first-order valence-electron chi connectivity index (χ1n) is 21.5. The fraction of sp³-hybridized carbons (Fsp3) is 0.542. The highest BCUT2D eigenvalue weighted by atomic mass is 31.2. The maximum atomic E-state index is 12.6. The molecule has 0 spiro atoms. The van der Waals surface area contributed by atoms with Gasteiger partial charge >= 0.3 is 19.8 Å². The molecule has 0 aromatic rings. The monoisotopic (exact) mass is 826 g/mol. The quantitative estimate of drug-likeness (QED) is 0.0271. The van der Waals surface area contributed by atoms with Crippen LogP contribution < -0.4 is 5.32 Å². The summed E-state index contributed by atoms with van der Waals surface area (Å²) in [4.78, 5) is 35.0. The normalized spacial score (nSPS) is 14.5. The van der Waals surface area contributed by atoms with Gasteiger partial charge in [-0.2, -0.15) is 0 Å². The Hall–Kier alpha value is -3.59. The van der Waals surface area contributed by atoms with Crippen molar-refractivity contribution in [2.24, 2.45) is 0 Å². The minimum absolute atomic E-state index is 0.0462. The fourth-order valence-electron chi connectivity index (χ4n) is 4.86. The Morgan fingerprint density at radius 1 is 0.552 bits per heavy atom. The molecule has 0 aromatic heterocycles. The lowest BCUT2D eigenvalue weighted by atomic mass is 10.2. The first-order valence-corrected chi connectivity index (χ1v) is 23.0. The molecule has 58 heavy (non-hydrogen) atoms. The number of hydrogen-bond donors (Lipinski definition) is 2. The lowest BCUT2D eigenvalue weighted by Crippen LogP contribution is -2.29. The minimum atomic E-state index is -4.39. The number of carbonyl (C=O) groups is 2. The molecule has 326 valence electrons. The third kappa shape index (κ3) is 42.0. The Morgan fingerprint density at radius 2 is 1.00 bits per heavy atom. The summed E-state index contributed by atoms with van der Waals surface area (Å²) in [6.45, 7) is 3.89. The number of carbonyl (C=O) groups excluding carboxylic acids is 2. The molecule has 0 amide bonds. The number of phosphoric ester groups is 1. The van der Waals surface area contributed by atoms with Gasteiger partial charge in [0, 0.05) is 19.4 Å². The molecule has 0 radical (unpaired) electrons. The van der Waals surface area contributed by atoms with E-state index in [-0.39, 0.29) is 26.1 Å². The summed E-state index contributed by atoms with van der Waals surface area (Å²) in [5.74, 6) is -0.986. The molecule has 0 saturated heterocycles. The molecular weight excluding hydrogens is 750 g/mol. The van der Waals surface area contributed by atoms with Crippen molar-refractivity contribution in [1.29, 1.82) is 0 Å². The molecule has 0 heterocycles. The van der Waals surface area contributed by atoms with Crippen LogP contribution in [0.2, 0.25) is 0 Å². The molecule has 0 aromatic carbocycles. The molecule has 2 atom stereocenters. The third-order valence-electron chi connectivity index (χ3n) is 8.08. The zero-order valence-electron chi connectivity index (χ0n) is 35.9. The first-order chi connectivity index (χ1) is 28.3. The van der Waals surface area contributed by atoms with Crippen LogP contribution in [0.25, 0.3) is 0 Å². The Kier molecular flexibility index (Phi) is 40.3. The van der Waals surface area contributed by atoms with E-state index in [9.17, 15) is 19.0 Å². The Bertz CT molecular complexity index is 1350. The topological polar surface area (TPSA) is 120 Å². The van der Waals surface area contributed by atoms with Crippen molar-refractivity contribution in [1.82, 2.24) is 5.32 Å². The summed E-state index contributed by atoms with van der Waals surface area (Å²) in [5, 5.41) is 2.81. The van der Waals surface area contributed by atoms with Crippen molar-refractivity contribution in [2.75, 3.05) is 33.4 Å². The molecule has 0 aliphatic heterocycles. The SMILES string of the molecule is CC/C=C\C/C=C\C/C=C\C/C=C\C/C=C\CCCC(=O)OC(COC(=O)CC/C=C\C/C=C\C/C=C\C/C=C\C/C=C\CCCCC)COP(=O)(O)OCCNC. The summed E-state index contributed by atoms with van der Waals surface area (Å²) in [7, 11) is -2.71. The van der Waals surface area contributed by atoms with Crippen molar-refractivity contribution in [2.45, 2.75) is 136 Å². The van der Waals surface area contributed by atoms with E-state index in [0.717, 1.165) is 57.8 Å². The van der Waals surface area contributed by atoms with E-state index in [1.165, 1.54) is 25.7 Å². The van der Waals surface area contributed by atoms with Crippen LogP contribution in [0.4, 0.5) is 0 Å². The highest BCUT2D eigenvalue weighted by Gasteiger charge is 2.26. The van der Waals surface area contributed by atoms with Crippen LogP contribution in [0.1, 0.15) is 129 Å². The second-order valence-corrected chi connectivity index (χ2v) is 14.9. The zero-order chi connectivity index (χ0) is 42.5. The molecule has 0 aliphatic rings. The number of hydrogen-bond acceptors (Lipinski definition) is 8. The van der Waals surface area contributed by atoms with Crippen LogP contribution in [0.5, 0.6) is 0 Å². The number of phosphoric acid groups is 1. The smallest absolute Gasteiger partial charge is 0.462 e.